The second-order valence-corrected chi connectivity index (χ2v) is 4.87. The lowest BCUT2D eigenvalue weighted by Crippen LogP contribution is -2.48. The molecule has 5 nitrogen and oxygen atoms in total. The minimum Gasteiger partial charge on any atom is -0.373 e. The molecule has 5 heteroatoms. The molecule has 1 atom stereocenters. The van der Waals surface area contributed by atoms with Crippen LogP contribution in [0.5, 0.6) is 0 Å². The second-order valence-electron chi connectivity index (χ2n) is 4.87. The monoisotopic (exact) mass is 271 g/mol. The van der Waals surface area contributed by atoms with E-state index in [1.807, 2.05) is 30.3 Å². The van der Waals surface area contributed by atoms with Crippen molar-refractivity contribution >= 4 is 16.8 Å². The van der Waals surface area contributed by atoms with Crippen molar-refractivity contribution in [1.29, 1.82) is 0 Å². The summed E-state index contributed by atoms with van der Waals surface area (Å²) in [5.41, 5.74) is 6.91. The average molecular weight is 271 g/mol. The molecule has 2 heterocycles. The number of ether oxygens (including phenoxy) is 1. The number of pyridine rings is 1. The Hall–Kier alpha value is -1.98. The maximum atomic E-state index is 12.5. The van der Waals surface area contributed by atoms with Gasteiger partial charge in [-0.15, -0.1) is 0 Å². The number of rotatable bonds is 2. The molecule has 2 N–H and O–H groups in total. The smallest absolute Gasteiger partial charge is 0.272 e. The van der Waals surface area contributed by atoms with Gasteiger partial charge in [-0.3, -0.25) is 4.79 Å². The van der Waals surface area contributed by atoms with Crippen molar-refractivity contribution in [2.75, 3.05) is 26.2 Å². The Labute approximate surface area is 117 Å². The van der Waals surface area contributed by atoms with Gasteiger partial charge in [-0.2, -0.15) is 0 Å². The van der Waals surface area contributed by atoms with Crippen molar-refractivity contribution in [3.63, 3.8) is 0 Å². The van der Waals surface area contributed by atoms with Gasteiger partial charge in [-0.25, -0.2) is 4.98 Å². The predicted molar refractivity (Wildman–Crippen MR) is 76.4 cm³/mol. The molecular formula is C15H17N3O2. The van der Waals surface area contributed by atoms with Crippen molar-refractivity contribution in [3.8, 4) is 0 Å². The van der Waals surface area contributed by atoms with Gasteiger partial charge in [0.15, 0.2) is 0 Å². The third kappa shape index (κ3) is 2.50. The Morgan fingerprint density at radius 3 is 3.05 bits per heavy atom. The predicted octanol–water partition coefficient (Wildman–Crippen LogP) is 1.03. The fourth-order valence-electron chi connectivity index (χ4n) is 2.39. The number of carbonyl (C=O) groups is 1. The van der Waals surface area contributed by atoms with E-state index in [4.69, 9.17) is 10.5 Å². The van der Waals surface area contributed by atoms with Crippen molar-refractivity contribution in [1.82, 2.24) is 9.88 Å². The van der Waals surface area contributed by atoms with Crippen molar-refractivity contribution in [2.45, 2.75) is 6.10 Å². The average Bonchev–Trinajstić information content (AvgIpc) is 2.53. The molecule has 1 unspecified atom stereocenters. The standard InChI is InChI=1S/C15H17N3O2/c16-9-12-10-18(7-8-20-12)15(19)14-6-5-11-3-1-2-4-13(11)17-14/h1-6,12H,7-10,16H2. The summed E-state index contributed by atoms with van der Waals surface area (Å²) in [6.45, 7) is 2.07. The molecule has 3 rings (SSSR count). The SMILES string of the molecule is NCC1CN(C(=O)c2ccc3ccccc3n2)CCO1. The second kappa shape index (κ2) is 5.56. The van der Waals surface area contributed by atoms with Crippen LogP contribution in [0.15, 0.2) is 36.4 Å². The fraction of sp³-hybridized carbons (Fsp3) is 0.333. The normalized spacial score (nSPS) is 19.2. The van der Waals surface area contributed by atoms with E-state index in [9.17, 15) is 4.79 Å². The van der Waals surface area contributed by atoms with E-state index in [1.165, 1.54) is 0 Å². The number of nitrogens with zero attached hydrogens (tertiary/aromatic N) is 2. The van der Waals surface area contributed by atoms with E-state index in [1.54, 1.807) is 11.0 Å². The Morgan fingerprint density at radius 1 is 1.35 bits per heavy atom. The highest BCUT2D eigenvalue weighted by atomic mass is 16.5. The number of nitrogens with two attached hydrogens (primary N) is 1. The van der Waals surface area contributed by atoms with Crippen LogP contribution >= 0.6 is 0 Å². The highest BCUT2D eigenvalue weighted by molar-refractivity contribution is 5.95. The van der Waals surface area contributed by atoms with Crippen LogP contribution in [0.25, 0.3) is 10.9 Å². The Balaban J connectivity index is 1.84. The Morgan fingerprint density at radius 2 is 2.20 bits per heavy atom. The third-order valence-electron chi connectivity index (χ3n) is 3.51. The van der Waals surface area contributed by atoms with Crippen molar-refractivity contribution in [2.24, 2.45) is 5.73 Å². The molecule has 2 aromatic rings. The fourth-order valence-corrected chi connectivity index (χ4v) is 2.39. The first kappa shape index (κ1) is 13.0. The molecule has 0 saturated carbocycles. The molecule has 0 spiro atoms. The van der Waals surface area contributed by atoms with Gasteiger partial charge >= 0.3 is 0 Å². The lowest BCUT2D eigenvalue weighted by Gasteiger charge is -2.32. The number of fused-ring (bicyclic) bond motifs is 1. The van der Waals surface area contributed by atoms with Gasteiger partial charge in [0.05, 0.1) is 18.2 Å². The zero-order valence-corrected chi connectivity index (χ0v) is 11.2. The summed E-state index contributed by atoms with van der Waals surface area (Å²) in [4.78, 5) is 18.7. The van der Waals surface area contributed by atoms with E-state index < -0.39 is 0 Å². The summed E-state index contributed by atoms with van der Waals surface area (Å²) in [6, 6.07) is 11.5. The van der Waals surface area contributed by atoms with Crippen LogP contribution in [-0.2, 0) is 4.74 Å². The maximum Gasteiger partial charge on any atom is 0.272 e. The Bertz CT molecular complexity index is 629. The lowest BCUT2D eigenvalue weighted by atomic mass is 10.2. The highest BCUT2D eigenvalue weighted by Crippen LogP contribution is 2.14. The van der Waals surface area contributed by atoms with Crippen LogP contribution in [0.1, 0.15) is 10.5 Å². The molecule has 0 radical (unpaired) electrons. The number of aromatic nitrogens is 1. The van der Waals surface area contributed by atoms with Crippen LogP contribution in [0.4, 0.5) is 0 Å². The van der Waals surface area contributed by atoms with Crippen LogP contribution < -0.4 is 5.73 Å². The van der Waals surface area contributed by atoms with Crippen LogP contribution in [0.3, 0.4) is 0 Å². The molecule has 20 heavy (non-hydrogen) atoms. The first-order chi connectivity index (χ1) is 9.78. The number of benzene rings is 1. The quantitative estimate of drug-likeness (QED) is 0.886. The van der Waals surface area contributed by atoms with Crippen LogP contribution in [-0.4, -0.2) is 48.1 Å². The molecule has 0 bridgehead atoms. The first-order valence-corrected chi connectivity index (χ1v) is 6.74. The maximum absolute atomic E-state index is 12.5. The van der Waals surface area contributed by atoms with E-state index in [0.29, 0.717) is 31.9 Å². The number of para-hydroxylation sites is 1. The van der Waals surface area contributed by atoms with E-state index in [2.05, 4.69) is 4.98 Å². The molecule has 1 fully saturated rings. The number of hydrogen-bond acceptors (Lipinski definition) is 4. The molecule has 0 aliphatic carbocycles. The first-order valence-electron chi connectivity index (χ1n) is 6.74. The summed E-state index contributed by atoms with van der Waals surface area (Å²) in [5, 5.41) is 1.03. The summed E-state index contributed by atoms with van der Waals surface area (Å²) in [6.07, 6.45) is -0.0758. The topological polar surface area (TPSA) is 68.5 Å². The summed E-state index contributed by atoms with van der Waals surface area (Å²) < 4.78 is 5.47. The minimum atomic E-state index is -0.0758. The number of morpholine rings is 1. The van der Waals surface area contributed by atoms with E-state index in [0.717, 1.165) is 10.9 Å². The zero-order valence-electron chi connectivity index (χ0n) is 11.2. The van der Waals surface area contributed by atoms with Crippen LogP contribution in [0.2, 0.25) is 0 Å². The largest absolute Gasteiger partial charge is 0.373 e. The van der Waals surface area contributed by atoms with Gasteiger partial charge < -0.3 is 15.4 Å². The summed E-state index contributed by atoms with van der Waals surface area (Å²) in [5.74, 6) is -0.0579. The molecular weight excluding hydrogens is 254 g/mol. The van der Waals surface area contributed by atoms with Gasteiger partial charge in [-0.05, 0) is 12.1 Å². The van der Waals surface area contributed by atoms with Gasteiger partial charge in [0.2, 0.25) is 0 Å². The van der Waals surface area contributed by atoms with Gasteiger partial charge in [0.1, 0.15) is 5.69 Å². The molecule has 1 aromatic carbocycles. The van der Waals surface area contributed by atoms with E-state index >= 15 is 0 Å². The van der Waals surface area contributed by atoms with Crippen LogP contribution in [0, 0.1) is 0 Å². The minimum absolute atomic E-state index is 0.0579. The van der Waals surface area contributed by atoms with E-state index in [-0.39, 0.29) is 12.0 Å². The number of hydrogen-bond donors (Lipinski definition) is 1. The molecule has 104 valence electrons. The third-order valence-corrected chi connectivity index (χ3v) is 3.51. The number of amides is 1. The Kier molecular flexibility index (Phi) is 3.62. The molecule has 1 aliphatic heterocycles. The molecule has 1 saturated heterocycles. The molecule has 1 aliphatic rings. The lowest BCUT2D eigenvalue weighted by molar-refractivity contribution is -0.0169. The summed E-state index contributed by atoms with van der Waals surface area (Å²) in [7, 11) is 0. The highest BCUT2D eigenvalue weighted by Gasteiger charge is 2.24. The zero-order chi connectivity index (χ0) is 13.9. The van der Waals surface area contributed by atoms with Crippen molar-refractivity contribution < 1.29 is 9.53 Å². The summed E-state index contributed by atoms with van der Waals surface area (Å²) >= 11 is 0. The van der Waals surface area contributed by atoms with Gasteiger partial charge in [0.25, 0.3) is 5.91 Å². The molecule has 1 aromatic heterocycles. The van der Waals surface area contributed by atoms with Gasteiger partial charge in [0, 0.05) is 25.0 Å². The number of carbonyl (C=O) groups excluding carboxylic acids is 1. The van der Waals surface area contributed by atoms with Gasteiger partial charge in [-0.1, -0.05) is 24.3 Å². The molecule has 1 amide bonds. The van der Waals surface area contributed by atoms with Crippen molar-refractivity contribution in [3.05, 3.63) is 42.1 Å².